The molecule has 2 aromatic rings. The maximum Gasteiger partial charge on any atom is 0.252 e. The summed E-state index contributed by atoms with van der Waals surface area (Å²) < 4.78 is 27.0. The molecule has 1 aromatic heterocycles. The molecule has 0 aliphatic carbocycles. The van der Waals surface area contributed by atoms with Gasteiger partial charge in [0.25, 0.3) is 10.0 Å². The van der Waals surface area contributed by atoms with Gasteiger partial charge in [-0.05, 0) is 34.6 Å². The average Bonchev–Trinajstić information content (AvgIpc) is 2.96. The summed E-state index contributed by atoms with van der Waals surface area (Å²) in [6, 6.07) is 9.50. The number of sulfonamides is 1. The highest BCUT2D eigenvalue weighted by Gasteiger charge is 2.29. The van der Waals surface area contributed by atoms with E-state index in [2.05, 4.69) is 0 Å². The molecule has 2 heterocycles. The van der Waals surface area contributed by atoms with Gasteiger partial charge in [0, 0.05) is 13.1 Å². The van der Waals surface area contributed by atoms with Crippen LogP contribution in [0.3, 0.4) is 0 Å². The van der Waals surface area contributed by atoms with E-state index in [-0.39, 0.29) is 6.61 Å². The molecule has 1 aromatic carbocycles. The lowest BCUT2D eigenvalue weighted by Crippen LogP contribution is -2.35. The highest BCUT2D eigenvalue weighted by atomic mass is 32.2. The van der Waals surface area contributed by atoms with Crippen molar-refractivity contribution >= 4 is 21.4 Å². The largest absolute Gasteiger partial charge is 0.392 e. The smallest absolute Gasteiger partial charge is 0.252 e. The molecule has 0 spiro atoms. The van der Waals surface area contributed by atoms with E-state index in [1.54, 1.807) is 11.4 Å². The van der Waals surface area contributed by atoms with Crippen molar-refractivity contribution < 1.29 is 13.5 Å². The van der Waals surface area contributed by atoms with E-state index in [0.29, 0.717) is 22.9 Å². The van der Waals surface area contributed by atoms with E-state index in [1.165, 1.54) is 21.2 Å². The van der Waals surface area contributed by atoms with Gasteiger partial charge >= 0.3 is 0 Å². The number of hydrogen-bond acceptors (Lipinski definition) is 4. The minimum absolute atomic E-state index is 0.130. The van der Waals surface area contributed by atoms with Crippen LogP contribution in [0.15, 0.2) is 39.9 Å². The Hall–Kier alpha value is -1.21. The van der Waals surface area contributed by atoms with Crippen molar-refractivity contribution in [2.45, 2.75) is 23.8 Å². The number of fused-ring (bicyclic) bond motifs is 1. The van der Waals surface area contributed by atoms with Gasteiger partial charge in [0.2, 0.25) is 0 Å². The summed E-state index contributed by atoms with van der Waals surface area (Å²) in [5.74, 6) is 0. The van der Waals surface area contributed by atoms with Crippen LogP contribution in [0.1, 0.15) is 16.7 Å². The predicted molar refractivity (Wildman–Crippen MR) is 78.0 cm³/mol. The second kappa shape index (κ2) is 5.29. The van der Waals surface area contributed by atoms with E-state index in [1.807, 2.05) is 24.3 Å². The van der Waals surface area contributed by atoms with E-state index >= 15 is 0 Å². The van der Waals surface area contributed by atoms with Gasteiger partial charge in [-0.15, -0.1) is 11.3 Å². The van der Waals surface area contributed by atoms with Crippen molar-refractivity contribution in [1.29, 1.82) is 0 Å². The zero-order valence-electron chi connectivity index (χ0n) is 10.8. The molecular formula is C14H15NO3S2. The normalized spacial score (nSPS) is 16.1. The number of thiophene rings is 1. The fraction of sp³-hybridized carbons (Fsp3) is 0.286. The van der Waals surface area contributed by atoms with Gasteiger partial charge in [0.05, 0.1) is 6.61 Å². The molecule has 0 amide bonds. The van der Waals surface area contributed by atoms with Gasteiger partial charge in [-0.3, -0.25) is 0 Å². The lowest BCUT2D eigenvalue weighted by atomic mass is 10.0. The average molecular weight is 309 g/mol. The van der Waals surface area contributed by atoms with Gasteiger partial charge in [0.15, 0.2) is 0 Å². The number of benzene rings is 1. The molecule has 0 unspecified atom stereocenters. The van der Waals surface area contributed by atoms with E-state index in [0.717, 1.165) is 12.0 Å². The maximum atomic E-state index is 12.6. The first-order valence-electron chi connectivity index (χ1n) is 6.36. The van der Waals surface area contributed by atoms with Crippen molar-refractivity contribution in [2.75, 3.05) is 6.54 Å². The number of rotatable bonds is 3. The summed E-state index contributed by atoms with van der Waals surface area (Å²) in [5, 5.41) is 10.7. The first-order chi connectivity index (χ1) is 9.61. The highest BCUT2D eigenvalue weighted by molar-refractivity contribution is 7.91. The van der Waals surface area contributed by atoms with Gasteiger partial charge in [-0.2, -0.15) is 4.31 Å². The minimum Gasteiger partial charge on any atom is -0.392 e. The summed E-state index contributed by atoms with van der Waals surface area (Å²) in [6.07, 6.45) is 0.744. The summed E-state index contributed by atoms with van der Waals surface area (Å²) in [4.78, 5) is 0. The zero-order valence-corrected chi connectivity index (χ0v) is 12.5. The van der Waals surface area contributed by atoms with Crippen LogP contribution in [0, 0.1) is 0 Å². The molecule has 3 rings (SSSR count). The third-order valence-corrected chi connectivity index (χ3v) is 6.81. The van der Waals surface area contributed by atoms with Crippen molar-refractivity contribution in [1.82, 2.24) is 4.31 Å². The van der Waals surface area contributed by atoms with Crippen molar-refractivity contribution in [3.63, 3.8) is 0 Å². The molecule has 6 heteroatoms. The van der Waals surface area contributed by atoms with E-state index in [4.69, 9.17) is 5.11 Å². The molecule has 1 N–H and O–H groups in total. The third kappa shape index (κ3) is 2.40. The van der Waals surface area contributed by atoms with E-state index < -0.39 is 10.0 Å². The first-order valence-corrected chi connectivity index (χ1v) is 8.68. The Kier molecular flexibility index (Phi) is 3.64. The Balaban J connectivity index is 1.90. The second-order valence-corrected chi connectivity index (χ2v) is 7.87. The Morgan fingerprint density at radius 1 is 1.25 bits per heavy atom. The first kappa shape index (κ1) is 13.8. The molecule has 0 saturated heterocycles. The maximum absolute atomic E-state index is 12.6. The number of aliphatic hydroxyl groups is 1. The third-order valence-electron chi connectivity index (χ3n) is 3.50. The topological polar surface area (TPSA) is 57.6 Å². The van der Waals surface area contributed by atoms with Gasteiger partial charge in [-0.25, -0.2) is 8.42 Å². The fourth-order valence-corrected chi connectivity index (χ4v) is 5.15. The van der Waals surface area contributed by atoms with Crippen LogP contribution in [0.4, 0.5) is 0 Å². The molecule has 0 atom stereocenters. The van der Waals surface area contributed by atoms with Crippen LogP contribution in [0.5, 0.6) is 0 Å². The molecule has 0 fully saturated rings. The Morgan fingerprint density at radius 2 is 2.00 bits per heavy atom. The molecule has 106 valence electrons. The molecule has 0 saturated carbocycles. The summed E-state index contributed by atoms with van der Waals surface area (Å²) in [5.41, 5.74) is 2.94. The Morgan fingerprint density at radius 3 is 2.70 bits per heavy atom. The lowest BCUT2D eigenvalue weighted by molar-refractivity contribution is 0.282. The van der Waals surface area contributed by atoms with Crippen molar-refractivity contribution in [3.8, 4) is 0 Å². The summed E-state index contributed by atoms with van der Waals surface area (Å²) in [6.45, 7) is 0.797. The molecule has 20 heavy (non-hydrogen) atoms. The SMILES string of the molecule is O=S(=O)(c1cc(CO)cs1)N1CCc2ccccc2C1. The molecular weight excluding hydrogens is 294 g/mol. The quantitative estimate of drug-likeness (QED) is 0.943. The van der Waals surface area contributed by atoms with Crippen LogP contribution in [-0.2, 0) is 29.6 Å². The Bertz CT molecular complexity index is 722. The molecule has 1 aliphatic rings. The zero-order chi connectivity index (χ0) is 14.2. The molecule has 1 aliphatic heterocycles. The van der Waals surface area contributed by atoms with Crippen LogP contribution in [0.25, 0.3) is 0 Å². The minimum atomic E-state index is -3.45. The lowest BCUT2D eigenvalue weighted by Gasteiger charge is -2.27. The highest BCUT2D eigenvalue weighted by Crippen LogP contribution is 2.28. The van der Waals surface area contributed by atoms with Crippen LogP contribution in [0.2, 0.25) is 0 Å². The molecule has 0 bridgehead atoms. The summed E-state index contributed by atoms with van der Waals surface area (Å²) in [7, 11) is -3.45. The van der Waals surface area contributed by atoms with Gasteiger partial charge in [0.1, 0.15) is 4.21 Å². The monoisotopic (exact) mass is 309 g/mol. The van der Waals surface area contributed by atoms with Crippen LogP contribution < -0.4 is 0 Å². The van der Waals surface area contributed by atoms with Crippen LogP contribution >= 0.6 is 11.3 Å². The fourth-order valence-electron chi connectivity index (χ4n) is 2.37. The Labute approximate surface area is 122 Å². The standard InChI is InChI=1S/C14H15NO3S2/c16-9-11-7-14(19-10-11)20(17,18)15-6-5-12-3-1-2-4-13(12)8-15/h1-4,7,10,16H,5-6,8-9H2. The van der Waals surface area contributed by atoms with E-state index in [9.17, 15) is 8.42 Å². The molecule has 4 nitrogen and oxygen atoms in total. The number of aliphatic hydroxyl groups excluding tert-OH is 1. The van der Waals surface area contributed by atoms with Gasteiger partial charge < -0.3 is 5.11 Å². The van der Waals surface area contributed by atoms with Crippen molar-refractivity contribution in [2.24, 2.45) is 0 Å². The predicted octanol–water partition coefficient (Wildman–Crippen LogP) is 1.99. The summed E-state index contributed by atoms with van der Waals surface area (Å²) >= 11 is 1.17. The number of hydrogen-bond donors (Lipinski definition) is 1. The number of nitrogens with zero attached hydrogens (tertiary/aromatic N) is 1. The second-order valence-electron chi connectivity index (χ2n) is 4.79. The van der Waals surface area contributed by atoms with Crippen LogP contribution in [-0.4, -0.2) is 24.4 Å². The van der Waals surface area contributed by atoms with Crippen molar-refractivity contribution in [3.05, 3.63) is 52.4 Å². The van der Waals surface area contributed by atoms with Gasteiger partial charge in [-0.1, -0.05) is 24.3 Å². The molecule has 0 radical (unpaired) electrons.